The molecule has 1 aromatic carbocycles. The van der Waals surface area contributed by atoms with E-state index in [4.69, 9.17) is 14.2 Å². The Bertz CT molecular complexity index is 1050. The van der Waals surface area contributed by atoms with Gasteiger partial charge in [-0.1, -0.05) is 0 Å². The maximum atomic E-state index is 10.3. The second kappa shape index (κ2) is 8.86. The van der Waals surface area contributed by atoms with E-state index in [1.807, 2.05) is 12.1 Å². The molecule has 1 fully saturated rings. The average Bonchev–Trinajstić information content (AvgIpc) is 3.43. The highest BCUT2D eigenvalue weighted by atomic mass is 32.1. The number of benzene rings is 1. The van der Waals surface area contributed by atoms with Crippen molar-refractivity contribution >= 4 is 27.4 Å². The molecule has 9 heteroatoms. The van der Waals surface area contributed by atoms with Gasteiger partial charge in [-0.2, -0.15) is 0 Å². The van der Waals surface area contributed by atoms with Crippen LogP contribution in [0.1, 0.15) is 18.4 Å². The molecule has 0 saturated carbocycles. The minimum atomic E-state index is -0.585. The third-order valence-electron chi connectivity index (χ3n) is 5.76. The Morgan fingerprint density at radius 3 is 2.97 bits per heavy atom. The van der Waals surface area contributed by atoms with Crippen LogP contribution in [0.5, 0.6) is 17.2 Å². The number of nitrogens with one attached hydrogen (secondary N) is 1. The highest BCUT2D eigenvalue weighted by Gasteiger charge is 2.23. The molecule has 31 heavy (non-hydrogen) atoms. The SMILES string of the molecule is Cc1csc2ncnc(N3CCC(NCC(O)COc4ccc5c(c4)OCO5)CC3)c12. The predicted octanol–water partition coefficient (Wildman–Crippen LogP) is 2.73. The van der Waals surface area contributed by atoms with E-state index in [-0.39, 0.29) is 13.4 Å². The molecule has 0 amide bonds. The molecule has 5 rings (SSSR count). The van der Waals surface area contributed by atoms with Crippen LogP contribution in [0.4, 0.5) is 5.82 Å². The van der Waals surface area contributed by atoms with Crippen molar-refractivity contribution in [3.63, 3.8) is 0 Å². The summed E-state index contributed by atoms with van der Waals surface area (Å²) in [5.41, 5.74) is 1.24. The van der Waals surface area contributed by atoms with Gasteiger partial charge in [0.15, 0.2) is 11.5 Å². The molecule has 2 aliphatic rings. The van der Waals surface area contributed by atoms with E-state index >= 15 is 0 Å². The van der Waals surface area contributed by atoms with Crippen LogP contribution >= 0.6 is 11.3 Å². The van der Waals surface area contributed by atoms with Crippen LogP contribution in [0, 0.1) is 6.92 Å². The van der Waals surface area contributed by atoms with Gasteiger partial charge in [-0.05, 0) is 42.8 Å². The van der Waals surface area contributed by atoms with Crippen LogP contribution in [-0.4, -0.2) is 60.3 Å². The Morgan fingerprint density at radius 2 is 2.10 bits per heavy atom. The number of aliphatic hydroxyl groups is 1. The molecule has 0 bridgehead atoms. The number of aromatic nitrogens is 2. The molecular weight excluding hydrogens is 416 g/mol. The van der Waals surface area contributed by atoms with Gasteiger partial charge in [0, 0.05) is 31.7 Å². The molecule has 1 unspecified atom stereocenters. The van der Waals surface area contributed by atoms with Crippen molar-refractivity contribution in [3.8, 4) is 17.2 Å². The van der Waals surface area contributed by atoms with Gasteiger partial charge in [-0.25, -0.2) is 9.97 Å². The van der Waals surface area contributed by atoms with Crippen molar-refractivity contribution in [2.75, 3.05) is 37.9 Å². The van der Waals surface area contributed by atoms with Gasteiger partial charge in [0.1, 0.15) is 35.4 Å². The molecule has 3 aromatic rings. The molecular formula is C22H26N4O4S. The summed E-state index contributed by atoms with van der Waals surface area (Å²) in [6.07, 6.45) is 3.09. The van der Waals surface area contributed by atoms with Crippen molar-refractivity contribution in [3.05, 3.63) is 35.5 Å². The van der Waals surface area contributed by atoms with Crippen LogP contribution in [0.15, 0.2) is 29.9 Å². The molecule has 0 radical (unpaired) electrons. The Morgan fingerprint density at radius 1 is 1.26 bits per heavy atom. The molecule has 1 atom stereocenters. The van der Waals surface area contributed by atoms with Gasteiger partial charge in [0.2, 0.25) is 6.79 Å². The van der Waals surface area contributed by atoms with Crippen LogP contribution in [0.25, 0.3) is 10.2 Å². The number of nitrogens with zero attached hydrogens (tertiary/aromatic N) is 3. The Balaban J connectivity index is 1.08. The zero-order chi connectivity index (χ0) is 21.2. The van der Waals surface area contributed by atoms with Crippen molar-refractivity contribution < 1.29 is 19.3 Å². The summed E-state index contributed by atoms with van der Waals surface area (Å²) in [7, 11) is 0. The Labute approximate surface area is 184 Å². The topological polar surface area (TPSA) is 89.0 Å². The molecule has 2 aromatic heterocycles. The fourth-order valence-electron chi connectivity index (χ4n) is 4.05. The second-order valence-corrected chi connectivity index (χ2v) is 8.80. The summed E-state index contributed by atoms with van der Waals surface area (Å²) >= 11 is 1.67. The molecule has 0 aliphatic carbocycles. The number of aliphatic hydroxyl groups excluding tert-OH is 1. The molecule has 8 nitrogen and oxygen atoms in total. The standard InChI is InChI=1S/C22H26N4O4S/c1-14-11-31-22-20(14)21(24-12-25-22)26-6-4-15(5-7-26)23-9-16(27)10-28-17-2-3-18-19(8-17)30-13-29-18/h2-3,8,11-12,15-16,23,27H,4-7,9-10,13H2,1H3. The first-order chi connectivity index (χ1) is 15.2. The lowest BCUT2D eigenvalue weighted by molar-refractivity contribution is 0.102. The van der Waals surface area contributed by atoms with Gasteiger partial charge in [0.25, 0.3) is 0 Å². The van der Waals surface area contributed by atoms with Crippen molar-refractivity contribution in [2.45, 2.75) is 31.9 Å². The van der Waals surface area contributed by atoms with Crippen molar-refractivity contribution in [1.29, 1.82) is 0 Å². The third kappa shape index (κ3) is 4.39. The molecule has 2 N–H and O–H groups in total. The normalized spacial score (nSPS) is 17.3. The summed E-state index contributed by atoms with van der Waals surface area (Å²) < 4.78 is 16.4. The maximum Gasteiger partial charge on any atom is 0.231 e. The number of hydrogen-bond donors (Lipinski definition) is 2. The predicted molar refractivity (Wildman–Crippen MR) is 119 cm³/mol. The molecule has 0 spiro atoms. The smallest absolute Gasteiger partial charge is 0.231 e. The largest absolute Gasteiger partial charge is 0.491 e. The van der Waals surface area contributed by atoms with E-state index in [0.29, 0.717) is 24.1 Å². The highest BCUT2D eigenvalue weighted by molar-refractivity contribution is 7.17. The highest BCUT2D eigenvalue weighted by Crippen LogP contribution is 2.35. The van der Waals surface area contributed by atoms with Crippen molar-refractivity contribution in [2.24, 2.45) is 0 Å². The average molecular weight is 443 g/mol. The molecule has 164 valence electrons. The first-order valence-corrected chi connectivity index (χ1v) is 11.4. The van der Waals surface area contributed by atoms with Crippen LogP contribution < -0.4 is 24.4 Å². The lowest BCUT2D eigenvalue weighted by atomic mass is 10.0. The minimum Gasteiger partial charge on any atom is -0.491 e. The number of ether oxygens (including phenoxy) is 3. The van der Waals surface area contributed by atoms with Gasteiger partial charge < -0.3 is 29.5 Å². The van der Waals surface area contributed by atoms with Crippen LogP contribution in [0.2, 0.25) is 0 Å². The van der Waals surface area contributed by atoms with E-state index < -0.39 is 6.10 Å². The van der Waals surface area contributed by atoms with Gasteiger partial charge in [-0.3, -0.25) is 0 Å². The summed E-state index contributed by atoms with van der Waals surface area (Å²) in [5, 5.41) is 17.1. The number of rotatable bonds is 7. The third-order valence-corrected chi connectivity index (χ3v) is 6.76. The summed E-state index contributed by atoms with van der Waals surface area (Å²) in [4.78, 5) is 12.4. The first-order valence-electron chi connectivity index (χ1n) is 10.5. The summed E-state index contributed by atoms with van der Waals surface area (Å²) in [5.74, 6) is 3.10. The van der Waals surface area contributed by atoms with E-state index in [9.17, 15) is 5.11 Å². The quantitative estimate of drug-likeness (QED) is 0.578. The number of anilines is 1. The fourth-order valence-corrected chi connectivity index (χ4v) is 4.94. The molecule has 1 saturated heterocycles. The van der Waals surface area contributed by atoms with Crippen LogP contribution in [-0.2, 0) is 0 Å². The van der Waals surface area contributed by atoms with E-state index in [0.717, 1.165) is 42.3 Å². The second-order valence-electron chi connectivity index (χ2n) is 7.95. The number of thiophene rings is 1. The van der Waals surface area contributed by atoms with Gasteiger partial charge in [0.05, 0.1) is 5.39 Å². The summed E-state index contributed by atoms with van der Waals surface area (Å²) in [6, 6.07) is 5.80. The van der Waals surface area contributed by atoms with Crippen molar-refractivity contribution in [1.82, 2.24) is 15.3 Å². The number of aryl methyl sites for hydroxylation is 1. The first kappa shape index (κ1) is 20.3. The minimum absolute atomic E-state index is 0.224. The lowest BCUT2D eigenvalue weighted by Crippen LogP contribution is -2.45. The van der Waals surface area contributed by atoms with E-state index in [2.05, 4.69) is 32.5 Å². The zero-order valence-corrected chi connectivity index (χ0v) is 18.2. The summed E-state index contributed by atoms with van der Waals surface area (Å²) in [6.45, 7) is 4.94. The maximum absolute atomic E-state index is 10.3. The molecule has 2 aliphatic heterocycles. The monoisotopic (exact) mass is 442 g/mol. The zero-order valence-electron chi connectivity index (χ0n) is 17.4. The van der Waals surface area contributed by atoms with Gasteiger partial charge in [-0.15, -0.1) is 11.3 Å². The van der Waals surface area contributed by atoms with E-state index in [1.54, 1.807) is 23.7 Å². The Kier molecular flexibility index (Phi) is 5.80. The fraction of sp³-hybridized carbons (Fsp3) is 0.455. The number of hydrogen-bond acceptors (Lipinski definition) is 9. The number of fused-ring (bicyclic) bond motifs is 2. The number of piperidine rings is 1. The van der Waals surface area contributed by atoms with E-state index in [1.165, 1.54) is 10.9 Å². The molecule has 4 heterocycles. The lowest BCUT2D eigenvalue weighted by Gasteiger charge is -2.34. The van der Waals surface area contributed by atoms with Crippen LogP contribution in [0.3, 0.4) is 0 Å². The Hall–Kier alpha value is -2.62. The van der Waals surface area contributed by atoms with Gasteiger partial charge >= 0.3 is 0 Å².